The molecule has 0 aromatic heterocycles. The van der Waals surface area contributed by atoms with E-state index in [0.29, 0.717) is 17.8 Å². The Morgan fingerprint density at radius 1 is 0.900 bits per heavy atom. The predicted molar refractivity (Wildman–Crippen MR) is 120 cm³/mol. The summed E-state index contributed by atoms with van der Waals surface area (Å²) in [6.07, 6.45) is 0. The van der Waals surface area contributed by atoms with Crippen LogP contribution in [-0.2, 0) is 4.79 Å². The van der Waals surface area contributed by atoms with Crippen molar-refractivity contribution in [3.8, 4) is 5.75 Å². The zero-order valence-electron chi connectivity index (χ0n) is 17.5. The van der Waals surface area contributed by atoms with Crippen molar-refractivity contribution in [3.63, 3.8) is 0 Å². The fraction of sp³-hybridized carbons (Fsp3) is 0.200. The Morgan fingerprint density at radius 3 is 2.23 bits per heavy atom. The van der Waals surface area contributed by atoms with Crippen molar-refractivity contribution in [3.05, 3.63) is 89.5 Å². The highest BCUT2D eigenvalue weighted by Gasteiger charge is 2.16. The molecule has 0 bridgehead atoms. The topological polar surface area (TPSA) is 58.6 Å². The van der Waals surface area contributed by atoms with Gasteiger partial charge in [0.15, 0.2) is 6.61 Å². The van der Waals surface area contributed by atoms with Gasteiger partial charge in [-0.3, -0.25) is 9.59 Å². The molecule has 3 aromatic rings. The van der Waals surface area contributed by atoms with Gasteiger partial charge in [0.25, 0.3) is 11.8 Å². The Balaban J connectivity index is 1.67. The molecule has 3 rings (SSSR count). The van der Waals surface area contributed by atoms with Gasteiger partial charge < -0.3 is 15.0 Å². The number of nitrogens with one attached hydrogen (secondary N) is 1. The molecule has 0 unspecified atom stereocenters. The lowest BCUT2D eigenvalue weighted by atomic mass is 10.1. The van der Waals surface area contributed by atoms with Crippen molar-refractivity contribution in [2.75, 3.05) is 23.4 Å². The zero-order valence-corrected chi connectivity index (χ0v) is 17.5. The van der Waals surface area contributed by atoms with Crippen LogP contribution < -0.4 is 15.0 Å². The van der Waals surface area contributed by atoms with E-state index in [1.165, 1.54) is 0 Å². The zero-order chi connectivity index (χ0) is 21.5. The van der Waals surface area contributed by atoms with Gasteiger partial charge in [-0.2, -0.15) is 0 Å². The van der Waals surface area contributed by atoms with Gasteiger partial charge in [-0.15, -0.1) is 0 Å². The lowest BCUT2D eigenvalue weighted by molar-refractivity contribution is -0.118. The molecule has 5 nitrogen and oxygen atoms in total. The number of amides is 2. The van der Waals surface area contributed by atoms with Crippen LogP contribution in [0.2, 0.25) is 0 Å². The van der Waals surface area contributed by atoms with Gasteiger partial charge in [-0.05, 0) is 62.2 Å². The lowest BCUT2D eigenvalue weighted by Crippen LogP contribution is -2.30. The summed E-state index contributed by atoms with van der Waals surface area (Å²) < 4.78 is 5.71. The molecule has 0 heterocycles. The van der Waals surface area contributed by atoms with E-state index in [4.69, 9.17) is 4.74 Å². The highest BCUT2D eigenvalue weighted by Crippen LogP contribution is 2.22. The molecule has 0 saturated carbocycles. The second kappa shape index (κ2) is 9.74. The van der Waals surface area contributed by atoms with Crippen molar-refractivity contribution in [1.82, 2.24) is 0 Å². The third kappa shape index (κ3) is 5.06. The molecular weight excluding hydrogens is 376 g/mol. The van der Waals surface area contributed by atoms with Crippen LogP contribution in [0, 0.1) is 13.8 Å². The largest absolute Gasteiger partial charge is 0.483 e. The maximum absolute atomic E-state index is 13.0. The minimum absolute atomic E-state index is 0.102. The average Bonchev–Trinajstić information content (AvgIpc) is 2.75. The standard InChI is InChI=1S/C25H26N2O3/c1-4-27(22-14-6-5-7-15-22)25(29)20-12-9-13-21(16-20)26-23(28)17-30-24-18(2)10-8-11-19(24)3/h5-16H,4,17H2,1-3H3,(H,26,28). The van der Waals surface area contributed by atoms with E-state index < -0.39 is 0 Å². The van der Waals surface area contributed by atoms with E-state index in [-0.39, 0.29) is 18.4 Å². The van der Waals surface area contributed by atoms with Crippen LogP contribution in [0.25, 0.3) is 0 Å². The molecule has 30 heavy (non-hydrogen) atoms. The maximum Gasteiger partial charge on any atom is 0.262 e. The average molecular weight is 402 g/mol. The molecule has 0 spiro atoms. The first-order valence-electron chi connectivity index (χ1n) is 9.95. The first kappa shape index (κ1) is 21.1. The minimum atomic E-state index is -0.280. The second-order valence-electron chi connectivity index (χ2n) is 7.02. The summed E-state index contributed by atoms with van der Waals surface area (Å²) in [6, 6.07) is 22.3. The number of hydrogen-bond donors (Lipinski definition) is 1. The molecule has 154 valence electrons. The predicted octanol–water partition coefficient (Wildman–Crippen LogP) is 4.99. The number of anilines is 2. The van der Waals surface area contributed by atoms with Crippen LogP contribution >= 0.6 is 0 Å². The Hall–Kier alpha value is -3.60. The van der Waals surface area contributed by atoms with Crippen molar-refractivity contribution in [2.24, 2.45) is 0 Å². The van der Waals surface area contributed by atoms with E-state index in [9.17, 15) is 9.59 Å². The van der Waals surface area contributed by atoms with E-state index in [1.807, 2.05) is 69.3 Å². The van der Waals surface area contributed by atoms with Gasteiger partial charge in [-0.1, -0.05) is 42.5 Å². The Bertz CT molecular complexity index is 1010. The number of ether oxygens (including phenoxy) is 1. The van der Waals surface area contributed by atoms with Gasteiger partial charge in [-0.25, -0.2) is 0 Å². The summed E-state index contributed by atoms with van der Waals surface area (Å²) in [6.45, 7) is 6.27. The molecule has 0 atom stereocenters. The van der Waals surface area contributed by atoms with Gasteiger partial charge in [0.2, 0.25) is 0 Å². The molecule has 2 amide bonds. The normalized spacial score (nSPS) is 10.4. The van der Waals surface area contributed by atoms with Crippen LogP contribution in [-0.4, -0.2) is 25.0 Å². The molecular formula is C25H26N2O3. The summed E-state index contributed by atoms with van der Waals surface area (Å²) in [4.78, 5) is 27.1. The molecule has 0 radical (unpaired) electrons. The molecule has 1 N–H and O–H groups in total. The summed E-state index contributed by atoms with van der Waals surface area (Å²) in [5, 5.41) is 2.81. The van der Waals surface area contributed by atoms with Gasteiger partial charge >= 0.3 is 0 Å². The number of carbonyl (C=O) groups is 2. The fourth-order valence-electron chi connectivity index (χ4n) is 3.30. The highest BCUT2D eigenvalue weighted by molar-refractivity contribution is 6.07. The number of aryl methyl sites for hydroxylation is 2. The number of rotatable bonds is 7. The number of para-hydroxylation sites is 2. The maximum atomic E-state index is 13.0. The molecule has 0 aliphatic carbocycles. The van der Waals surface area contributed by atoms with E-state index in [1.54, 1.807) is 29.2 Å². The van der Waals surface area contributed by atoms with Gasteiger partial charge in [0.1, 0.15) is 5.75 Å². The minimum Gasteiger partial charge on any atom is -0.483 e. The summed E-state index contributed by atoms with van der Waals surface area (Å²) >= 11 is 0. The molecule has 5 heteroatoms. The van der Waals surface area contributed by atoms with Crippen LogP contribution in [0.4, 0.5) is 11.4 Å². The van der Waals surface area contributed by atoms with Crippen LogP contribution in [0.5, 0.6) is 5.75 Å². The van der Waals surface area contributed by atoms with Gasteiger partial charge in [0, 0.05) is 23.5 Å². The molecule has 0 aliphatic heterocycles. The Labute approximate surface area is 177 Å². The number of nitrogens with zero attached hydrogens (tertiary/aromatic N) is 1. The summed E-state index contributed by atoms with van der Waals surface area (Å²) in [7, 11) is 0. The monoisotopic (exact) mass is 402 g/mol. The van der Waals surface area contributed by atoms with Crippen LogP contribution in [0.15, 0.2) is 72.8 Å². The molecule has 3 aromatic carbocycles. The third-order valence-corrected chi connectivity index (χ3v) is 4.78. The SMILES string of the molecule is CCN(C(=O)c1cccc(NC(=O)COc2c(C)cccc2C)c1)c1ccccc1. The van der Waals surface area contributed by atoms with Crippen molar-refractivity contribution >= 4 is 23.2 Å². The van der Waals surface area contributed by atoms with E-state index >= 15 is 0 Å². The second-order valence-corrected chi connectivity index (χ2v) is 7.02. The number of carbonyl (C=O) groups excluding carboxylic acids is 2. The van der Waals surface area contributed by atoms with Crippen LogP contribution in [0.1, 0.15) is 28.4 Å². The van der Waals surface area contributed by atoms with E-state index in [2.05, 4.69) is 5.32 Å². The first-order chi connectivity index (χ1) is 14.5. The Morgan fingerprint density at radius 2 is 1.57 bits per heavy atom. The van der Waals surface area contributed by atoms with E-state index in [0.717, 1.165) is 22.6 Å². The smallest absolute Gasteiger partial charge is 0.262 e. The molecule has 0 fully saturated rings. The third-order valence-electron chi connectivity index (χ3n) is 4.78. The Kier molecular flexibility index (Phi) is 6.86. The fourth-order valence-corrected chi connectivity index (χ4v) is 3.30. The summed E-state index contributed by atoms with van der Waals surface area (Å²) in [5.41, 5.74) is 3.86. The quantitative estimate of drug-likeness (QED) is 0.606. The molecule has 0 saturated heterocycles. The summed E-state index contributed by atoms with van der Waals surface area (Å²) in [5.74, 6) is 0.322. The first-order valence-corrected chi connectivity index (χ1v) is 9.95. The van der Waals surface area contributed by atoms with Crippen LogP contribution in [0.3, 0.4) is 0 Å². The highest BCUT2D eigenvalue weighted by atomic mass is 16.5. The lowest BCUT2D eigenvalue weighted by Gasteiger charge is -2.21. The van der Waals surface area contributed by atoms with Crippen molar-refractivity contribution in [2.45, 2.75) is 20.8 Å². The van der Waals surface area contributed by atoms with Gasteiger partial charge in [0.05, 0.1) is 0 Å². The molecule has 0 aliphatic rings. The number of hydrogen-bond acceptors (Lipinski definition) is 3. The van der Waals surface area contributed by atoms with Crippen molar-refractivity contribution in [1.29, 1.82) is 0 Å². The van der Waals surface area contributed by atoms with Crippen molar-refractivity contribution < 1.29 is 14.3 Å². The number of benzene rings is 3.